The van der Waals surface area contributed by atoms with Crippen LogP contribution < -0.4 is 10.8 Å². The van der Waals surface area contributed by atoms with Crippen LogP contribution in [0.25, 0.3) is 11.2 Å². The SMILES string of the molecule is Nc1ncnc2c1ncn2[C@@H]1O[C@H](COP(=O)(O)Nc2ccc([N+](=O)O)cc2)[C@@H](O)[C@H]1O. The highest BCUT2D eigenvalue weighted by molar-refractivity contribution is 7.54. The molecule has 1 saturated heterocycles. The van der Waals surface area contributed by atoms with E-state index in [1.54, 1.807) is 0 Å². The van der Waals surface area contributed by atoms with Crippen molar-refractivity contribution in [3.63, 3.8) is 0 Å². The Morgan fingerprint density at radius 2 is 1.94 bits per heavy atom. The molecule has 1 aromatic carbocycles. The Hall–Kier alpha value is -3.20. The molecule has 16 heteroatoms. The molecular formula is C16H19N7O8P+. The van der Waals surface area contributed by atoms with Crippen molar-refractivity contribution in [1.29, 1.82) is 0 Å². The predicted octanol–water partition coefficient (Wildman–Crippen LogP) is 0.0564. The Morgan fingerprint density at radius 3 is 2.62 bits per heavy atom. The number of nitrogens with two attached hydrogens (primary N) is 1. The fraction of sp³-hybridized carbons (Fsp3) is 0.312. The maximum Gasteiger partial charge on any atom is 0.430 e. The van der Waals surface area contributed by atoms with Gasteiger partial charge in [-0.05, 0) is 12.1 Å². The van der Waals surface area contributed by atoms with E-state index in [0.717, 1.165) is 0 Å². The number of nitrogen functional groups attached to an aromatic ring is 1. The van der Waals surface area contributed by atoms with Crippen LogP contribution in [0.5, 0.6) is 0 Å². The van der Waals surface area contributed by atoms with Gasteiger partial charge in [0.25, 0.3) is 4.92 Å². The zero-order valence-electron chi connectivity index (χ0n) is 16.2. The lowest BCUT2D eigenvalue weighted by atomic mass is 10.1. The number of imidazole rings is 1. The molecule has 5 atom stereocenters. The predicted molar refractivity (Wildman–Crippen MR) is 107 cm³/mol. The first-order valence-electron chi connectivity index (χ1n) is 9.13. The van der Waals surface area contributed by atoms with Gasteiger partial charge >= 0.3 is 13.4 Å². The maximum absolute atomic E-state index is 12.3. The van der Waals surface area contributed by atoms with E-state index in [9.17, 15) is 24.6 Å². The van der Waals surface area contributed by atoms with Crippen molar-refractivity contribution in [3.05, 3.63) is 41.8 Å². The van der Waals surface area contributed by atoms with E-state index in [-0.39, 0.29) is 33.3 Å². The van der Waals surface area contributed by atoms with Crippen LogP contribution in [-0.2, 0) is 13.8 Å². The first-order chi connectivity index (χ1) is 15.2. The number of nitrogens with zero attached hydrogens (tertiary/aromatic N) is 5. The smallest absolute Gasteiger partial charge is 0.387 e. The van der Waals surface area contributed by atoms with Crippen molar-refractivity contribution in [1.82, 2.24) is 19.5 Å². The van der Waals surface area contributed by atoms with Crippen LogP contribution >= 0.6 is 7.75 Å². The summed E-state index contributed by atoms with van der Waals surface area (Å²) in [5.41, 5.74) is 6.36. The average molecular weight is 468 g/mol. The molecule has 170 valence electrons. The molecule has 1 aliphatic rings. The number of ether oxygens (including phenoxy) is 1. The molecule has 0 saturated carbocycles. The van der Waals surface area contributed by atoms with E-state index in [2.05, 4.69) is 20.0 Å². The zero-order chi connectivity index (χ0) is 23.0. The molecule has 0 bridgehead atoms. The van der Waals surface area contributed by atoms with E-state index in [1.165, 1.54) is 41.5 Å². The van der Waals surface area contributed by atoms with Crippen LogP contribution in [0.2, 0.25) is 0 Å². The van der Waals surface area contributed by atoms with Crippen LogP contribution in [0.4, 0.5) is 17.2 Å². The summed E-state index contributed by atoms with van der Waals surface area (Å²) < 4.78 is 24.3. The summed E-state index contributed by atoms with van der Waals surface area (Å²) in [7, 11) is -4.41. The van der Waals surface area contributed by atoms with E-state index in [0.29, 0.717) is 0 Å². The summed E-state index contributed by atoms with van der Waals surface area (Å²) in [6.45, 7) is -0.539. The topological polar surface area (TPSA) is 218 Å². The van der Waals surface area contributed by atoms with Gasteiger partial charge in [0.15, 0.2) is 17.7 Å². The average Bonchev–Trinajstić information content (AvgIpc) is 3.29. The summed E-state index contributed by atoms with van der Waals surface area (Å²) in [6, 6.07) is 4.99. The monoisotopic (exact) mass is 468 g/mol. The molecule has 32 heavy (non-hydrogen) atoms. The lowest BCUT2D eigenvalue weighted by Crippen LogP contribution is -2.33. The zero-order valence-corrected chi connectivity index (χ0v) is 17.1. The Labute approximate surface area is 179 Å². The van der Waals surface area contributed by atoms with Crippen LogP contribution in [0.3, 0.4) is 0 Å². The quantitative estimate of drug-likeness (QED) is 0.200. The van der Waals surface area contributed by atoms with Crippen LogP contribution in [0, 0.1) is 4.91 Å². The molecule has 3 heterocycles. The van der Waals surface area contributed by atoms with Crippen molar-refractivity contribution in [2.45, 2.75) is 24.5 Å². The molecule has 1 aliphatic heterocycles. The number of nitrogens with one attached hydrogen (secondary N) is 1. The van der Waals surface area contributed by atoms with E-state index >= 15 is 0 Å². The molecule has 7 N–H and O–H groups in total. The van der Waals surface area contributed by atoms with E-state index in [1.807, 2.05) is 0 Å². The third kappa shape index (κ3) is 4.25. The fourth-order valence-electron chi connectivity index (χ4n) is 3.19. The number of hydrogen-bond acceptors (Lipinski definition) is 10. The number of aliphatic hydroxyl groups excluding tert-OH is 2. The molecule has 0 amide bonds. The van der Waals surface area contributed by atoms with Crippen molar-refractivity contribution in [2.75, 3.05) is 17.4 Å². The van der Waals surface area contributed by atoms with Gasteiger partial charge in [-0.1, -0.05) is 0 Å². The first kappa shape index (κ1) is 22.0. The minimum Gasteiger partial charge on any atom is -0.387 e. The minimum atomic E-state index is -4.41. The van der Waals surface area contributed by atoms with Crippen LogP contribution in [-0.4, -0.2) is 69.7 Å². The minimum absolute atomic E-state index is 0.0780. The summed E-state index contributed by atoms with van der Waals surface area (Å²) in [4.78, 5) is 32.4. The second kappa shape index (κ2) is 8.38. The Kier molecular flexibility index (Phi) is 5.77. The normalized spacial score (nSPS) is 25.0. The van der Waals surface area contributed by atoms with Gasteiger partial charge in [-0.25, -0.2) is 24.7 Å². The third-order valence-corrected chi connectivity index (χ3v) is 5.81. The molecule has 1 fully saturated rings. The van der Waals surface area contributed by atoms with Gasteiger partial charge in [0, 0.05) is 17.8 Å². The number of rotatable bonds is 7. The van der Waals surface area contributed by atoms with Gasteiger partial charge in [-0.15, -0.1) is 0 Å². The van der Waals surface area contributed by atoms with Gasteiger partial charge < -0.3 is 25.6 Å². The number of fused-ring (bicyclic) bond motifs is 1. The van der Waals surface area contributed by atoms with E-state index in [4.69, 9.17) is 20.2 Å². The number of aliphatic hydroxyl groups is 2. The van der Waals surface area contributed by atoms with Gasteiger partial charge in [0.2, 0.25) is 0 Å². The third-order valence-electron chi connectivity index (χ3n) is 4.77. The molecular weight excluding hydrogens is 449 g/mol. The molecule has 0 spiro atoms. The molecule has 3 aromatic rings. The van der Waals surface area contributed by atoms with Gasteiger partial charge in [-0.2, -0.15) is 0 Å². The molecule has 0 radical (unpaired) electrons. The van der Waals surface area contributed by atoms with Crippen LogP contribution in [0.1, 0.15) is 6.23 Å². The van der Waals surface area contributed by atoms with Crippen molar-refractivity contribution in [2.24, 2.45) is 0 Å². The Morgan fingerprint density at radius 1 is 1.22 bits per heavy atom. The molecule has 15 nitrogen and oxygen atoms in total. The number of anilines is 2. The van der Waals surface area contributed by atoms with Gasteiger partial charge in [-0.3, -0.25) is 14.2 Å². The van der Waals surface area contributed by atoms with Crippen molar-refractivity contribution >= 4 is 36.1 Å². The Balaban J connectivity index is 1.42. The maximum atomic E-state index is 12.3. The fourth-order valence-corrected chi connectivity index (χ4v) is 4.08. The number of hydrogen-bond donors (Lipinski definition) is 6. The second-order valence-electron chi connectivity index (χ2n) is 6.88. The highest BCUT2D eigenvalue weighted by Gasteiger charge is 2.45. The lowest BCUT2D eigenvalue weighted by molar-refractivity contribution is -0.729. The van der Waals surface area contributed by atoms with E-state index < -0.39 is 38.9 Å². The molecule has 0 aliphatic carbocycles. The largest absolute Gasteiger partial charge is 0.430 e. The molecule has 4 rings (SSSR count). The van der Waals surface area contributed by atoms with Gasteiger partial charge in [0.05, 0.1) is 17.8 Å². The van der Waals surface area contributed by atoms with Crippen molar-refractivity contribution in [3.8, 4) is 0 Å². The number of aromatic nitrogens is 4. The summed E-state index contributed by atoms with van der Waals surface area (Å²) >= 11 is 0. The first-order valence-corrected chi connectivity index (χ1v) is 10.7. The molecule has 2 aromatic heterocycles. The van der Waals surface area contributed by atoms with Gasteiger partial charge in [0.1, 0.15) is 30.2 Å². The summed E-state index contributed by atoms with van der Waals surface area (Å²) in [5, 5.41) is 31.8. The lowest BCUT2D eigenvalue weighted by Gasteiger charge is -2.18. The molecule has 1 unspecified atom stereocenters. The standard InChI is InChI=1S/C16H18N7O8P/c17-14-11-15(19-6-18-14)22(7-20-11)16-13(25)12(24)10(31-16)5-30-32(28,29)21-8-1-3-9(4-2-8)23(26)27/h1-4,6-7,10,12-13,16,24-25H,5H2,(H4-,17,18,19,21,26,27,28,29)/p+1/t10-,12-,13-,16-/m1/s1. The highest BCUT2D eigenvalue weighted by atomic mass is 31.2. The second-order valence-corrected chi connectivity index (χ2v) is 8.40. The summed E-state index contributed by atoms with van der Waals surface area (Å²) in [6.07, 6.45) is -2.58. The highest BCUT2D eigenvalue weighted by Crippen LogP contribution is 2.43. The van der Waals surface area contributed by atoms with Crippen LogP contribution in [0.15, 0.2) is 36.9 Å². The Bertz CT molecular complexity index is 1190. The summed E-state index contributed by atoms with van der Waals surface area (Å²) in [5.74, 6) is 0.129. The van der Waals surface area contributed by atoms with Crippen molar-refractivity contribution < 1.29 is 39.1 Å². The number of benzene rings is 1.